The topological polar surface area (TPSA) is 53.9 Å². The van der Waals surface area contributed by atoms with Crippen LogP contribution in [0.5, 0.6) is 5.75 Å². The molecule has 122 valence electrons. The largest absolute Gasteiger partial charge is 1.00 e. The molecule has 1 aliphatic rings. The number of carbonyl (C=O) groups excluding carboxylic acids is 1. The zero-order valence-corrected chi connectivity index (χ0v) is 13.8. The third-order valence-corrected chi connectivity index (χ3v) is 4.44. The van der Waals surface area contributed by atoms with Gasteiger partial charge in [-0.1, -0.05) is 36.4 Å². The van der Waals surface area contributed by atoms with Gasteiger partial charge in [0.25, 0.3) is 0 Å². The van der Waals surface area contributed by atoms with Crippen molar-refractivity contribution in [1.82, 2.24) is 0 Å². The Labute approximate surface area is 143 Å². The number of rotatable bonds is 5. The van der Waals surface area contributed by atoms with E-state index in [-0.39, 0.29) is 18.3 Å². The average molecular weight is 332 g/mol. The molecule has 0 aliphatic heterocycles. The Morgan fingerprint density at radius 2 is 1.83 bits per heavy atom. The van der Waals surface area contributed by atoms with Crippen molar-refractivity contribution in [2.24, 2.45) is 5.92 Å². The highest BCUT2D eigenvalue weighted by atomic mass is 35.5. The van der Waals surface area contributed by atoms with Crippen LogP contribution >= 0.6 is 0 Å². The highest BCUT2D eigenvalue weighted by Gasteiger charge is 2.27. The van der Waals surface area contributed by atoms with Crippen molar-refractivity contribution in [3.8, 4) is 5.75 Å². The van der Waals surface area contributed by atoms with Gasteiger partial charge in [0.1, 0.15) is 5.75 Å². The van der Waals surface area contributed by atoms with Gasteiger partial charge in [-0.15, -0.1) is 0 Å². The molecule has 0 amide bonds. The summed E-state index contributed by atoms with van der Waals surface area (Å²) >= 11 is 0. The third-order valence-electron chi connectivity index (χ3n) is 4.44. The zero-order valence-electron chi connectivity index (χ0n) is 13.0. The lowest BCUT2D eigenvalue weighted by atomic mass is 9.83. The molecule has 0 unspecified atom stereocenters. The first-order chi connectivity index (χ1) is 10.7. The van der Waals surface area contributed by atoms with Gasteiger partial charge >= 0.3 is 0 Å². The maximum absolute atomic E-state index is 12.5. The molecule has 1 atom stereocenters. The zero-order chi connectivity index (χ0) is 15.4. The van der Waals surface area contributed by atoms with Crippen molar-refractivity contribution >= 4 is 5.78 Å². The smallest absolute Gasteiger partial charge is 0.171 e. The number of hydrogen-bond acceptors (Lipinski definition) is 2. The number of quaternary nitrogens is 1. The van der Waals surface area contributed by atoms with E-state index in [1.54, 1.807) is 12.1 Å². The fourth-order valence-electron chi connectivity index (χ4n) is 3.13. The van der Waals surface area contributed by atoms with Gasteiger partial charge in [0.2, 0.25) is 0 Å². The fourth-order valence-corrected chi connectivity index (χ4v) is 3.13. The van der Waals surface area contributed by atoms with E-state index in [2.05, 4.69) is 11.4 Å². The molecule has 1 aliphatic carbocycles. The van der Waals surface area contributed by atoms with Crippen LogP contribution in [-0.4, -0.2) is 24.0 Å². The Hall–Kier alpha value is -1.84. The minimum Gasteiger partial charge on any atom is -1.00 e. The lowest BCUT2D eigenvalue weighted by Crippen LogP contribution is -3.00. The fraction of sp³-hybridized carbons (Fsp3) is 0.316. The molecule has 3 nitrogen and oxygen atoms in total. The summed E-state index contributed by atoms with van der Waals surface area (Å²) in [5.41, 5.74) is 3.34. The molecule has 0 spiro atoms. The molecule has 2 aromatic carbocycles. The molecule has 0 radical (unpaired) electrons. The van der Waals surface area contributed by atoms with E-state index in [0.29, 0.717) is 11.5 Å². The van der Waals surface area contributed by atoms with Crippen LogP contribution in [0.2, 0.25) is 0 Å². The van der Waals surface area contributed by atoms with Gasteiger partial charge in [-0.25, -0.2) is 0 Å². The molecule has 0 saturated carbocycles. The number of Topliss-reactive ketones (excluding diaryl/α,β-unsaturated/α-hetero) is 1. The number of halogens is 1. The summed E-state index contributed by atoms with van der Waals surface area (Å²) in [6.07, 6.45) is 2.93. The van der Waals surface area contributed by atoms with Crippen LogP contribution in [0.15, 0.2) is 48.5 Å². The number of hydrogen-bond donors (Lipinski definition) is 2. The summed E-state index contributed by atoms with van der Waals surface area (Å²) in [6.45, 7) is 1.83. The van der Waals surface area contributed by atoms with Gasteiger partial charge in [0.15, 0.2) is 5.78 Å². The van der Waals surface area contributed by atoms with E-state index >= 15 is 0 Å². The number of phenolic OH excluding ortho intramolecular Hbond substituents is 1. The second-order valence-electron chi connectivity index (χ2n) is 5.99. The summed E-state index contributed by atoms with van der Waals surface area (Å²) in [4.78, 5) is 12.5. The van der Waals surface area contributed by atoms with E-state index in [9.17, 15) is 9.90 Å². The minimum absolute atomic E-state index is 0. The van der Waals surface area contributed by atoms with E-state index in [1.807, 2.05) is 30.3 Å². The van der Waals surface area contributed by atoms with Gasteiger partial charge in [-0.3, -0.25) is 4.79 Å². The van der Waals surface area contributed by atoms with Crippen LogP contribution < -0.4 is 17.7 Å². The van der Waals surface area contributed by atoms with Crippen molar-refractivity contribution in [1.29, 1.82) is 0 Å². The molecule has 23 heavy (non-hydrogen) atoms. The quantitative estimate of drug-likeness (QED) is 0.687. The van der Waals surface area contributed by atoms with Crippen molar-refractivity contribution in [3.63, 3.8) is 0 Å². The first-order valence-electron chi connectivity index (χ1n) is 7.96. The summed E-state index contributed by atoms with van der Waals surface area (Å²) in [5.74, 6) is 0.761. The van der Waals surface area contributed by atoms with Crippen LogP contribution in [0, 0.1) is 5.92 Å². The van der Waals surface area contributed by atoms with Gasteiger partial charge < -0.3 is 22.8 Å². The Bertz CT molecular complexity index is 655. The lowest BCUT2D eigenvalue weighted by molar-refractivity contribution is -0.658. The van der Waals surface area contributed by atoms with Crippen LogP contribution in [-0.2, 0) is 12.8 Å². The maximum atomic E-state index is 12.5. The number of carbonyl (C=O) groups is 1. The standard InChI is InChI=1S/C19H21NO2.ClH/c21-17-9-5-14(6-10-17)11-12-20-13-16-8-7-15-3-1-2-4-18(15)19(16)22;/h1-6,9-10,16,20-21H,7-8,11-13H2;1H/t16-;/m1./s1. The maximum Gasteiger partial charge on any atom is 0.171 e. The second-order valence-corrected chi connectivity index (χ2v) is 5.99. The monoisotopic (exact) mass is 331 g/mol. The van der Waals surface area contributed by atoms with Crippen LogP contribution in [0.3, 0.4) is 0 Å². The first kappa shape index (κ1) is 17.5. The highest BCUT2D eigenvalue weighted by molar-refractivity contribution is 6.00. The van der Waals surface area contributed by atoms with Gasteiger partial charge in [0, 0.05) is 12.0 Å². The molecule has 0 saturated heterocycles. The predicted octanol–water partition coefficient (Wildman–Crippen LogP) is -1.05. The Balaban J connectivity index is 0.00000192. The molecule has 0 bridgehead atoms. The summed E-state index contributed by atoms with van der Waals surface area (Å²) in [7, 11) is 0. The van der Waals surface area contributed by atoms with E-state index in [0.717, 1.165) is 37.9 Å². The molecule has 3 N–H and O–H groups in total. The highest BCUT2D eigenvalue weighted by Crippen LogP contribution is 2.24. The Kier molecular flexibility index (Phi) is 6.20. The van der Waals surface area contributed by atoms with E-state index < -0.39 is 0 Å². The molecule has 3 rings (SSSR count). The summed E-state index contributed by atoms with van der Waals surface area (Å²) in [6, 6.07) is 15.3. The van der Waals surface area contributed by atoms with E-state index in [4.69, 9.17) is 0 Å². The minimum atomic E-state index is 0. The summed E-state index contributed by atoms with van der Waals surface area (Å²) in [5, 5.41) is 11.5. The van der Waals surface area contributed by atoms with E-state index in [1.165, 1.54) is 11.1 Å². The number of phenols is 1. The Morgan fingerprint density at radius 3 is 2.61 bits per heavy atom. The molecule has 0 aromatic heterocycles. The summed E-state index contributed by atoms with van der Waals surface area (Å²) < 4.78 is 0. The van der Waals surface area contributed by atoms with Crippen molar-refractivity contribution in [2.75, 3.05) is 13.1 Å². The number of ketones is 1. The molecule has 0 fully saturated rings. The molecular weight excluding hydrogens is 310 g/mol. The Morgan fingerprint density at radius 1 is 1.09 bits per heavy atom. The normalized spacial score (nSPS) is 16.5. The first-order valence-corrected chi connectivity index (χ1v) is 7.96. The molecule has 0 heterocycles. The van der Waals surface area contributed by atoms with Crippen molar-refractivity contribution < 1.29 is 27.6 Å². The molecule has 4 heteroatoms. The number of fused-ring (bicyclic) bond motifs is 1. The van der Waals surface area contributed by atoms with Gasteiger partial charge in [0.05, 0.1) is 19.0 Å². The second kappa shape index (κ2) is 8.14. The number of nitrogens with two attached hydrogens (primary N) is 1. The predicted molar refractivity (Wildman–Crippen MR) is 86.1 cm³/mol. The molecular formula is C19H22ClNO2. The third kappa shape index (κ3) is 4.34. The van der Waals surface area contributed by atoms with Crippen LogP contribution in [0.4, 0.5) is 0 Å². The van der Waals surface area contributed by atoms with Gasteiger partial charge in [-0.05, 0) is 36.1 Å². The van der Waals surface area contributed by atoms with Crippen molar-refractivity contribution in [2.45, 2.75) is 19.3 Å². The lowest BCUT2D eigenvalue weighted by Gasteiger charge is -2.22. The van der Waals surface area contributed by atoms with Crippen LogP contribution in [0.1, 0.15) is 27.9 Å². The average Bonchev–Trinajstić information content (AvgIpc) is 2.55. The van der Waals surface area contributed by atoms with Crippen molar-refractivity contribution in [3.05, 3.63) is 65.2 Å². The number of benzene rings is 2. The molecule has 2 aromatic rings. The van der Waals surface area contributed by atoms with Gasteiger partial charge in [-0.2, -0.15) is 0 Å². The number of aromatic hydroxyl groups is 1. The van der Waals surface area contributed by atoms with Crippen LogP contribution in [0.25, 0.3) is 0 Å². The number of aryl methyl sites for hydroxylation is 1. The SMILES string of the molecule is O=C1c2ccccc2CC[C@@H]1C[NH2+]CCc1ccc(O)cc1.[Cl-].